The van der Waals surface area contributed by atoms with Gasteiger partial charge in [0.15, 0.2) is 5.78 Å². The van der Waals surface area contributed by atoms with Gasteiger partial charge < -0.3 is 19.5 Å². The minimum atomic E-state index is -0.170. The SMILES string of the molecule is CC(=O)c1ccc(N2CCN(C(=O)CN3CC[C@@H](C(=O)Nc4ccc5[nH]nc(-c6ccoc6)c5c4)C3)CC2)cc1. The minimum Gasteiger partial charge on any atom is -0.472 e. The molecule has 4 heterocycles. The summed E-state index contributed by atoms with van der Waals surface area (Å²) in [5, 5.41) is 11.4. The Morgan fingerprint density at radius 1 is 1.02 bits per heavy atom. The fourth-order valence-electron chi connectivity index (χ4n) is 5.56. The lowest BCUT2D eigenvalue weighted by Crippen LogP contribution is -2.51. The summed E-state index contributed by atoms with van der Waals surface area (Å²) >= 11 is 0. The molecule has 2 N–H and O–H groups in total. The van der Waals surface area contributed by atoms with Crippen LogP contribution in [0.4, 0.5) is 11.4 Å². The van der Waals surface area contributed by atoms with Crippen molar-refractivity contribution < 1.29 is 18.8 Å². The number of nitrogens with one attached hydrogen (secondary N) is 2. The van der Waals surface area contributed by atoms with Gasteiger partial charge in [-0.2, -0.15) is 5.10 Å². The molecule has 2 aromatic heterocycles. The molecule has 0 bridgehead atoms. The highest BCUT2D eigenvalue weighted by Gasteiger charge is 2.31. The number of nitrogens with zero attached hydrogens (tertiary/aromatic N) is 4. The van der Waals surface area contributed by atoms with Crippen LogP contribution < -0.4 is 10.2 Å². The van der Waals surface area contributed by atoms with Gasteiger partial charge >= 0.3 is 0 Å². The summed E-state index contributed by atoms with van der Waals surface area (Å²) in [6.07, 6.45) is 3.97. The molecule has 0 spiro atoms. The number of amides is 2. The fourth-order valence-corrected chi connectivity index (χ4v) is 5.56. The highest BCUT2D eigenvalue weighted by atomic mass is 16.3. The van der Waals surface area contributed by atoms with E-state index in [0.29, 0.717) is 37.4 Å². The van der Waals surface area contributed by atoms with Crippen LogP contribution in [0.1, 0.15) is 23.7 Å². The lowest BCUT2D eigenvalue weighted by atomic mass is 10.1. The zero-order chi connectivity index (χ0) is 27.6. The zero-order valence-electron chi connectivity index (χ0n) is 22.4. The number of aromatic amines is 1. The van der Waals surface area contributed by atoms with Crippen LogP contribution in [-0.4, -0.2) is 83.4 Å². The summed E-state index contributed by atoms with van der Waals surface area (Å²) in [6, 6.07) is 15.2. The molecule has 0 saturated carbocycles. The summed E-state index contributed by atoms with van der Waals surface area (Å²) in [7, 11) is 0. The van der Waals surface area contributed by atoms with Gasteiger partial charge in [-0.1, -0.05) is 0 Å². The Labute approximate surface area is 231 Å². The van der Waals surface area contributed by atoms with Crippen molar-refractivity contribution in [1.29, 1.82) is 0 Å². The average Bonchev–Trinajstić information content (AvgIpc) is 3.74. The monoisotopic (exact) mass is 540 g/mol. The van der Waals surface area contributed by atoms with Crippen molar-refractivity contribution in [3.8, 4) is 11.3 Å². The smallest absolute Gasteiger partial charge is 0.236 e. The van der Waals surface area contributed by atoms with Gasteiger partial charge in [0.05, 0.1) is 30.5 Å². The third kappa shape index (κ3) is 5.35. The van der Waals surface area contributed by atoms with Crippen LogP contribution in [0.5, 0.6) is 0 Å². The van der Waals surface area contributed by atoms with Crippen LogP contribution >= 0.6 is 0 Å². The van der Waals surface area contributed by atoms with E-state index in [1.165, 1.54) is 0 Å². The first-order valence-corrected chi connectivity index (χ1v) is 13.6. The molecule has 2 aliphatic rings. The topological polar surface area (TPSA) is 115 Å². The van der Waals surface area contributed by atoms with E-state index < -0.39 is 0 Å². The number of carbonyl (C=O) groups is 3. The van der Waals surface area contributed by atoms with Gasteiger partial charge in [0.1, 0.15) is 5.69 Å². The van der Waals surface area contributed by atoms with Gasteiger partial charge in [-0.25, -0.2) is 0 Å². The molecule has 2 fully saturated rings. The Morgan fingerprint density at radius 3 is 2.55 bits per heavy atom. The largest absolute Gasteiger partial charge is 0.472 e. The van der Waals surface area contributed by atoms with Crippen LogP contribution in [-0.2, 0) is 9.59 Å². The van der Waals surface area contributed by atoms with Gasteiger partial charge in [0.25, 0.3) is 0 Å². The van der Waals surface area contributed by atoms with Gasteiger partial charge in [0, 0.05) is 60.6 Å². The van der Waals surface area contributed by atoms with Crippen molar-refractivity contribution in [2.75, 3.05) is 56.0 Å². The number of fused-ring (bicyclic) bond motifs is 1. The van der Waals surface area contributed by atoms with Crippen molar-refractivity contribution in [2.45, 2.75) is 13.3 Å². The highest BCUT2D eigenvalue weighted by molar-refractivity contribution is 5.99. The minimum absolute atomic E-state index is 0.0351. The molecule has 0 radical (unpaired) electrons. The summed E-state index contributed by atoms with van der Waals surface area (Å²) in [4.78, 5) is 43.8. The number of likely N-dealkylation sites (tertiary alicyclic amines) is 1. The third-order valence-corrected chi connectivity index (χ3v) is 7.90. The first-order valence-electron chi connectivity index (χ1n) is 13.6. The lowest BCUT2D eigenvalue weighted by Gasteiger charge is -2.36. The number of ketones is 1. The number of hydrogen-bond acceptors (Lipinski definition) is 7. The maximum absolute atomic E-state index is 13.1. The summed E-state index contributed by atoms with van der Waals surface area (Å²) in [5.74, 6) is -0.0489. The number of rotatable bonds is 7. The van der Waals surface area contributed by atoms with Crippen LogP contribution in [0, 0.1) is 5.92 Å². The fraction of sp³-hybridized carbons (Fsp3) is 0.333. The van der Waals surface area contributed by atoms with E-state index >= 15 is 0 Å². The van der Waals surface area contributed by atoms with Crippen molar-refractivity contribution in [2.24, 2.45) is 5.92 Å². The second-order valence-corrected chi connectivity index (χ2v) is 10.5. The Hall–Kier alpha value is -4.44. The standard InChI is InChI=1S/C30H32N6O4/c1-20(37)21-2-5-25(6-3-21)35-11-13-36(14-12-35)28(38)18-34-10-8-22(17-34)30(39)31-24-4-7-27-26(16-24)29(33-32-27)23-9-15-40-19-23/h2-7,9,15-16,19,22H,8,10-14,17-18H2,1H3,(H,31,39)(H,32,33)/t22-/m1/s1. The Kier molecular flexibility index (Phi) is 7.08. The summed E-state index contributed by atoms with van der Waals surface area (Å²) in [5.41, 5.74) is 5.01. The van der Waals surface area contributed by atoms with E-state index in [9.17, 15) is 14.4 Å². The number of anilines is 2. The molecule has 2 aromatic carbocycles. The van der Waals surface area contributed by atoms with Gasteiger partial charge in [0.2, 0.25) is 11.8 Å². The molecular formula is C30H32N6O4. The van der Waals surface area contributed by atoms with E-state index in [2.05, 4.69) is 25.3 Å². The van der Waals surface area contributed by atoms with E-state index in [0.717, 1.165) is 53.9 Å². The van der Waals surface area contributed by atoms with Crippen LogP contribution in [0.15, 0.2) is 65.5 Å². The average molecular weight is 541 g/mol. The van der Waals surface area contributed by atoms with Crippen LogP contribution in [0.3, 0.4) is 0 Å². The quantitative estimate of drug-likeness (QED) is 0.344. The van der Waals surface area contributed by atoms with Crippen molar-refractivity contribution in [3.63, 3.8) is 0 Å². The number of furan rings is 1. The Balaban J connectivity index is 0.994. The maximum Gasteiger partial charge on any atom is 0.236 e. The summed E-state index contributed by atoms with van der Waals surface area (Å²) in [6.45, 7) is 5.98. The predicted octanol–water partition coefficient (Wildman–Crippen LogP) is 3.63. The molecular weight excluding hydrogens is 508 g/mol. The second kappa shape index (κ2) is 11.0. The van der Waals surface area contributed by atoms with E-state index in [-0.39, 0.29) is 23.5 Å². The first kappa shape index (κ1) is 25.8. The molecule has 2 amide bonds. The molecule has 40 heavy (non-hydrogen) atoms. The number of benzene rings is 2. The summed E-state index contributed by atoms with van der Waals surface area (Å²) < 4.78 is 5.19. The van der Waals surface area contributed by atoms with Crippen molar-refractivity contribution in [1.82, 2.24) is 20.0 Å². The lowest BCUT2D eigenvalue weighted by molar-refractivity contribution is -0.132. The van der Waals surface area contributed by atoms with Crippen molar-refractivity contribution in [3.05, 3.63) is 66.6 Å². The van der Waals surface area contributed by atoms with E-state index in [1.807, 2.05) is 53.4 Å². The second-order valence-electron chi connectivity index (χ2n) is 10.5. The molecule has 4 aromatic rings. The van der Waals surface area contributed by atoms with Crippen LogP contribution in [0.2, 0.25) is 0 Å². The zero-order valence-corrected chi connectivity index (χ0v) is 22.4. The van der Waals surface area contributed by atoms with Crippen LogP contribution in [0.25, 0.3) is 22.2 Å². The van der Waals surface area contributed by atoms with Crippen molar-refractivity contribution >= 4 is 39.9 Å². The molecule has 0 aliphatic carbocycles. The molecule has 2 aliphatic heterocycles. The number of piperazine rings is 1. The van der Waals surface area contributed by atoms with Gasteiger partial charge in [-0.05, 0) is 68.4 Å². The predicted molar refractivity (Wildman–Crippen MR) is 152 cm³/mol. The molecule has 0 unspecified atom stereocenters. The molecule has 10 nitrogen and oxygen atoms in total. The third-order valence-electron chi connectivity index (χ3n) is 7.90. The molecule has 206 valence electrons. The molecule has 2 saturated heterocycles. The first-order chi connectivity index (χ1) is 19.4. The van der Waals surface area contributed by atoms with E-state index in [4.69, 9.17) is 4.42 Å². The number of carbonyl (C=O) groups excluding carboxylic acids is 3. The molecule has 6 rings (SSSR count). The highest BCUT2D eigenvalue weighted by Crippen LogP contribution is 2.29. The number of Topliss-reactive ketones (excluding diaryl/α,β-unsaturated/α-hetero) is 1. The number of H-pyrrole nitrogens is 1. The van der Waals surface area contributed by atoms with Gasteiger partial charge in [-0.3, -0.25) is 24.4 Å². The molecule has 10 heteroatoms. The number of hydrogen-bond donors (Lipinski definition) is 2. The van der Waals surface area contributed by atoms with E-state index in [1.54, 1.807) is 19.5 Å². The Morgan fingerprint density at radius 2 is 1.82 bits per heavy atom. The molecule has 1 atom stereocenters. The Bertz CT molecular complexity index is 1520. The van der Waals surface area contributed by atoms with Gasteiger partial charge in [-0.15, -0.1) is 0 Å². The maximum atomic E-state index is 13.1. The number of aromatic nitrogens is 2. The normalized spacial score (nSPS) is 17.9.